The van der Waals surface area contributed by atoms with Crippen molar-refractivity contribution in [1.29, 1.82) is 0 Å². The number of halogens is 1. The molecule has 1 heterocycles. The summed E-state index contributed by atoms with van der Waals surface area (Å²) in [5.41, 5.74) is 3.47. The SMILES string of the molecule is CCCn1c(SCCOc2ccccc2C)nc2ccccc21.Cl. The largest absolute Gasteiger partial charge is 0.492 e. The van der Waals surface area contributed by atoms with Gasteiger partial charge in [-0.15, -0.1) is 12.4 Å². The maximum atomic E-state index is 5.87. The number of rotatable bonds is 7. The van der Waals surface area contributed by atoms with E-state index in [2.05, 4.69) is 42.7 Å². The van der Waals surface area contributed by atoms with Crippen molar-refractivity contribution in [2.45, 2.75) is 32.0 Å². The van der Waals surface area contributed by atoms with Crippen LogP contribution < -0.4 is 4.74 Å². The molecule has 0 amide bonds. The fourth-order valence-corrected chi connectivity index (χ4v) is 3.46. The monoisotopic (exact) mass is 362 g/mol. The van der Waals surface area contributed by atoms with Crippen molar-refractivity contribution in [2.75, 3.05) is 12.4 Å². The van der Waals surface area contributed by atoms with E-state index < -0.39 is 0 Å². The van der Waals surface area contributed by atoms with Crippen molar-refractivity contribution >= 4 is 35.2 Å². The van der Waals surface area contributed by atoms with Gasteiger partial charge in [-0.05, 0) is 37.1 Å². The van der Waals surface area contributed by atoms with Crippen molar-refractivity contribution in [3.05, 3.63) is 54.1 Å². The molecule has 0 N–H and O–H groups in total. The first-order valence-electron chi connectivity index (χ1n) is 8.06. The minimum atomic E-state index is 0. The molecule has 0 unspecified atom stereocenters. The normalized spacial score (nSPS) is 10.6. The first-order chi connectivity index (χ1) is 11.3. The molecule has 0 atom stereocenters. The minimum Gasteiger partial charge on any atom is -0.492 e. The zero-order valence-electron chi connectivity index (χ0n) is 14.1. The van der Waals surface area contributed by atoms with Crippen LogP contribution in [0.5, 0.6) is 5.75 Å². The lowest BCUT2D eigenvalue weighted by molar-refractivity contribution is 0.341. The second kappa shape index (κ2) is 9.00. The van der Waals surface area contributed by atoms with E-state index in [9.17, 15) is 0 Å². The topological polar surface area (TPSA) is 27.1 Å². The maximum absolute atomic E-state index is 5.87. The van der Waals surface area contributed by atoms with E-state index in [0.717, 1.165) is 35.1 Å². The zero-order chi connectivity index (χ0) is 16.1. The molecule has 0 fully saturated rings. The number of ether oxygens (including phenoxy) is 1. The van der Waals surface area contributed by atoms with Crippen LogP contribution in [0.1, 0.15) is 18.9 Å². The molecule has 24 heavy (non-hydrogen) atoms. The number of imidazole rings is 1. The summed E-state index contributed by atoms with van der Waals surface area (Å²) in [5.74, 6) is 1.86. The number of nitrogens with zero attached hydrogens (tertiary/aromatic N) is 2. The van der Waals surface area contributed by atoms with E-state index in [4.69, 9.17) is 9.72 Å². The molecule has 0 saturated heterocycles. The first-order valence-corrected chi connectivity index (χ1v) is 9.04. The lowest BCUT2D eigenvalue weighted by Gasteiger charge is -2.09. The molecular formula is C19H23ClN2OS. The predicted molar refractivity (Wildman–Crippen MR) is 105 cm³/mol. The van der Waals surface area contributed by atoms with Gasteiger partial charge in [0, 0.05) is 12.3 Å². The number of thioether (sulfide) groups is 1. The van der Waals surface area contributed by atoms with Gasteiger partial charge in [0.15, 0.2) is 5.16 Å². The fourth-order valence-electron chi connectivity index (χ4n) is 2.61. The second-order valence-electron chi connectivity index (χ2n) is 5.50. The molecule has 0 radical (unpaired) electrons. The van der Waals surface area contributed by atoms with E-state index in [1.54, 1.807) is 11.8 Å². The lowest BCUT2D eigenvalue weighted by Crippen LogP contribution is -2.04. The highest BCUT2D eigenvalue weighted by atomic mass is 35.5. The van der Waals surface area contributed by atoms with E-state index in [1.807, 2.05) is 24.3 Å². The smallest absolute Gasteiger partial charge is 0.169 e. The highest BCUT2D eigenvalue weighted by Crippen LogP contribution is 2.25. The number of benzene rings is 2. The third-order valence-corrected chi connectivity index (χ3v) is 4.67. The van der Waals surface area contributed by atoms with Crippen LogP contribution in [0.25, 0.3) is 11.0 Å². The molecule has 3 nitrogen and oxygen atoms in total. The van der Waals surface area contributed by atoms with Gasteiger partial charge in [0.2, 0.25) is 0 Å². The quantitative estimate of drug-likeness (QED) is 0.419. The molecule has 5 heteroatoms. The summed E-state index contributed by atoms with van der Waals surface area (Å²) < 4.78 is 8.19. The summed E-state index contributed by atoms with van der Waals surface area (Å²) in [6, 6.07) is 16.5. The molecule has 1 aromatic heterocycles. The van der Waals surface area contributed by atoms with Crippen molar-refractivity contribution < 1.29 is 4.74 Å². The molecule has 0 spiro atoms. The van der Waals surface area contributed by atoms with Gasteiger partial charge in [-0.3, -0.25) is 0 Å². The van der Waals surface area contributed by atoms with Crippen molar-refractivity contribution in [1.82, 2.24) is 9.55 Å². The highest BCUT2D eigenvalue weighted by molar-refractivity contribution is 7.99. The average Bonchev–Trinajstić information content (AvgIpc) is 2.91. The van der Waals surface area contributed by atoms with Gasteiger partial charge in [-0.25, -0.2) is 4.98 Å². The third kappa shape index (κ3) is 4.25. The van der Waals surface area contributed by atoms with Crippen LogP contribution >= 0.6 is 24.2 Å². The number of hydrogen-bond donors (Lipinski definition) is 0. The summed E-state index contributed by atoms with van der Waals surface area (Å²) >= 11 is 1.76. The average molecular weight is 363 g/mol. The Hall–Kier alpha value is -1.65. The van der Waals surface area contributed by atoms with E-state index in [-0.39, 0.29) is 12.4 Å². The fraction of sp³-hybridized carbons (Fsp3) is 0.316. The molecule has 128 valence electrons. The molecule has 0 aliphatic heterocycles. The van der Waals surface area contributed by atoms with E-state index >= 15 is 0 Å². The number of aromatic nitrogens is 2. The van der Waals surface area contributed by atoms with Crippen molar-refractivity contribution in [3.63, 3.8) is 0 Å². The van der Waals surface area contributed by atoms with E-state index in [0.29, 0.717) is 6.61 Å². The van der Waals surface area contributed by atoms with Crippen LogP contribution in [0.3, 0.4) is 0 Å². The van der Waals surface area contributed by atoms with Gasteiger partial charge in [0.05, 0.1) is 17.6 Å². The predicted octanol–water partition coefficient (Wildman–Crippen LogP) is 5.35. The molecule has 0 saturated carbocycles. The Morgan fingerprint density at radius 1 is 1.08 bits per heavy atom. The zero-order valence-corrected chi connectivity index (χ0v) is 15.7. The highest BCUT2D eigenvalue weighted by Gasteiger charge is 2.10. The van der Waals surface area contributed by atoms with Crippen LogP contribution in [0.4, 0.5) is 0 Å². The van der Waals surface area contributed by atoms with E-state index in [1.165, 1.54) is 11.1 Å². The minimum absolute atomic E-state index is 0. The van der Waals surface area contributed by atoms with Gasteiger partial charge < -0.3 is 9.30 Å². The number of hydrogen-bond acceptors (Lipinski definition) is 3. The van der Waals surface area contributed by atoms with Crippen LogP contribution in [0.2, 0.25) is 0 Å². The Morgan fingerprint density at radius 3 is 2.62 bits per heavy atom. The number of para-hydroxylation sites is 3. The molecule has 0 aliphatic rings. The summed E-state index contributed by atoms with van der Waals surface area (Å²) in [5, 5.41) is 1.08. The molecule has 2 aromatic carbocycles. The standard InChI is InChI=1S/C19H22N2OS.ClH/c1-3-12-21-17-10-6-5-9-16(17)20-19(21)23-14-13-22-18-11-7-4-8-15(18)2;/h4-11H,3,12-14H2,1-2H3;1H. The molecule has 3 rings (SSSR count). The van der Waals surface area contributed by atoms with Gasteiger partial charge in [0.1, 0.15) is 5.75 Å². The first kappa shape index (κ1) is 18.7. The van der Waals surface area contributed by atoms with Crippen LogP contribution in [-0.2, 0) is 6.54 Å². The van der Waals surface area contributed by atoms with Crippen LogP contribution in [0.15, 0.2) is 53.7 Å². The Kier molecular flexibility index (Phi) is 7.00. The molecule has 0 aliphatic carbocycles. The molecular weight excluding hydrogens is 340 g/mol. The Balaban J connectivity index is 0.00000208. The number of fused-ring (bicyclic) bond motifs is 1. The Morgan fingerprint density at radius 2 is 1.83 bits per heavy atom. The summed E-state index contributed by atoms with van der Waals surface area (Å²) in [6.45, 7) is 5.96. The van der Waals surface area contributed by atoms with Crippen molar-refractivity contribution in [2.24, 2.45) is 0 Å². The summed E-state index contributed by atoms with van der Waals surface area (Å²) in [7, 11) is 0. The Bertz CT molecular complexity index is 788. The van der Waals surface area contributed by atoms with Gasteiger partial charge in [-0.2, -0.15) is 0 Å². The van der Waals surface area contributed by atoms with Gasteiger partial charge in [-0.1, -0.05) is 49.0 Å². The second-order valence-corrected chi connectivity index (χ2v) is 6.56. The summed E-state index contributed by atoms with van der Waals surface area (Å²) in [4.78, 5) is 4.76. The lowest BCUT2D eigenvalue weighted by atomic mass is 10.2. The van der Waals surface area contributed by atoms with Crippen LogP contribution in [-0.4, -0.2) is 21.9 Å². The maximum Gasteiger partial charge on any atom is 0.169 e. The Labute approximate surface area is 153 Å². The molecule has 0 bridgehead atoms. The number of aryl methyl sites for hydroxylation is 2. The van der Waals surface area contributed by atoms with Crippen LogP contribution in [0, 0.1) is 6.92 Å². The molecule has 3 aromatic rings. The van der Waals surface area contributed by atoms with Gasteiger partial charge >= 0.3 is 0 Å². The van der Waals surface area contributed by atoms with Crippen molar-refractivity contribution in [3.8, 4) is 5.75 Å². The third-order valence-electron chi connectivity index (χ3n) is 3.73. The summed E-state index contributed by atoms with van der Waals surface area (Å²) in [6.07, 6.45) is 1.10. The van der Waals surface area contributed by atoms with Gasteiger partial charge in [0.25, 0.3) is 0 Å².